The van der Waals surface area contributed by atoms with E-state index in [1.54, 1.807) is 0 Å². The van der Waals surface area contributed by atoms with Crippen LogP contribution >= 0.6 is 27.5 Å². The largest absolute Gasteiger partial charge is 0.324 e. The molecule has 0 aliphatic heterocycles. The Morgan fingerprint density at radius 2 is 1.94 bits per heavy atom. The molecule has 94 valence electrons. The van der Waals surface area contributed by atoms with Crippen molar-refractivity contribution < 1.29 is 0 Å². The van der Waals surface area contributed by atoms with E-state index in [-0.39, 0.29) is 6.04 Å². The van der Waals surface area contributed by atoms with Gasteiger partial charge in [-0.25, -0.2) is 0 Å². The summed E-state index contributed by atoms with van der Waals surface area (Å²) in [6.45, 7) is 1.99. The molecule has 0 radical (unpaired) electrons. The van der Waals surface area contributed by atoms with Crippen LogP contribution in [0, 0.1) is 6.92 Å². The van der Waals surface area contributed by atoms with Crippen LogP contribution in [0.15, 0.2) is 46.9 Å². The third-order valence-corrected chi connectivity index (χ3v) is 4.20. The van der Waals surface area contributed by atoms with Gasteiger partial charge in [-0.2, -0.15) is 0 Å². The van der Waals surface area contributed by atoms with Crippen molar-refractivity contribution in [3.8, 4) is 0 Å². The molecule has 0 fully saturated rings. The number of hydrogen-bond donors (Lipinski definition) is 1. The molecule has 1 unspecified atom stereocenters. The molecule has 0 spiro atoms. The number of halogens is 2. The molecule has 0 saturated heterocycles. The summed E-state index contributed by atoms with van der Waals surface area (Å²) in [7, 11) is 0. The Balaban J connectivity index is 2.19. The fourth-order valence-electron chi connectivity index (χ4n) is 1.86. The molecular formula is C15H15BrClN. The normalized spacial score (nSPS) is 12.4. The van der Waals surface area contributed by atoms with Crippen molar-refractivity contribution >= 4 is 27.5 Å². The van der Waals surface area contributed by atoms with Crippen LogP contribution in [0.3, 0.4) is 0 Å². The van der Waals surface area contributed by atoms with Gasteiger partial charge in [0.05, 0.1) is 0 Å². The summed E-state index contributed by atoms with van der Waals surface area (Å²) in [5.41, 5.74) is 9.59. The fraction of sp³-hybridized carbons (Fsp3) is 0.200. The standard InChI is InChI=1S/C15H15BrClN/c1-10-6-7-12(8-14(10)17)15(18)9-11-4-2-3-5-13(11)16/h2-8,15H,9,18H2,1H3. The van der Waals surface area contributed by atoms with Gasteiger partial charge in [-0.15, -0.1) is 0 Å². The van der Waals surface area contributed by atoms with Crippen molar-refractivity contribution in [2.45, 2.75) is 19.4 Å². The van der Waals surface area contributed by atoms with Crippen LogP contribution in [0.25, 0.3) is 0 Å². The molecule has 1 atom stereocenters. The molecule has 3 heteroatoms. The van der Waals surface area contributed by atoms with E-state index < -0.39 is 0 Å². The van der Waals surface area contributed by atoms with Crippen LogP contribution in [0.1, 0.15) is 22.7 Å². The predicted octanol–water partition coefficient (Wildman–Crippen LogP) is 4.65. The summed E-state index contributed by atoms with van der Waals surface area (Å²) >= 11 is 9.67. The molecule has 18 heavy (non-hydrogen) atoms. The lowest BCUT2D eigenvalue weighted by Crippen LogP contribution is -2.13. The lowest BCUT2D eigenvalue weighted by Gasteiger charge is -2.14. The monoisotopic (exact) mass is 323 g/mol. The molecule has 0 aliphatic rings. The van der Waals surface area contributed by atoms with Crippen molar-refractivity contribution in [2.75, 3.05) is 0 Å². The molecule has 2 aromatic carbocycles. The Morgan fingerprint density at radius 1 is 1.22 bits per heavy atom. The maximum atomic E-state index is 6.24. The topological polar surface area (TPSA) is 26.0 Å². The summed E-state index contributed by atoms with van der Waals surface area (Å²) < 4.78 is 1.10. The average molecular weight is 325 g/mol. The molecular weight excluding hydrogens is 310 g/mol. The summed E-state index contributed by atoms with van der Waals surface area (Å²) in [4.78, 5) is 0. The minimum atomic E-state index is -0.0400. The number of rotatable bonds is 3. The van der Waals surface area contributed by atoms with E-state index in [1.165, 1.54) is 5.56 Å². The van der Waals surface area contributed by atoms with Crippen molar-refractivity contribution in [3.05, 3.63) is 68.7 Å². The molecule has 2 N–H and O–H groups in total. The van der Waals surface area contributed by atoms with Gasteiger partial charge in [0.2, 0.25) is 0 Å². The van der Waals surface area contributed by atoms with Crippen LogP contribution in [-0.2, 0) is 6.42 Å². The van der Waals surface area contributed by atoms with E-state index in [1.807, 2.05) is 43.3 Å². The number of aryl methyl sites for hydroxylation is 1. The second-order valence-electron chi connectivity index (χ2n) is 4.41. The maximum Gasteiger partial charge on any atom is 0.0438 e. The summed E-state index contributed by atoms with van der Waals surface area (Å²) in [5, 5.41) is 0.773. The molecule has 0 saturated carbocycles. The summed E-state index contributed by atoms with van der Waals surface area (Å²) in [5.74, 6) is 0. The van der Waals surface area contributed by atoms with Gasteiger partial charge in [0.1, 0.15) is 0 Å². The van der Waals surface area contributed by atoms with E-state index in [0.29, 0.717) is 0 Å². The Labute approximate surface area is 121 Å². The Hall–Kier alpha value is -0.830. The molecule has 0 amide bonds. The maximum absolute atomic E-state index is 6.24. The molecule has 2 rings (SSSR count). The smallest absolute Gasteiger partial charge is 0.0438 e. The molecule has 2 aromatic rings. The third kappa shape index (κ3) is 3.14. The first-order valence-corrected chi connectivity index (χ1v) is 7.00. The molecule has 0 aliphatic carbocycles. The van der Waals surface area contributed by atoms with Crippen LogP contribution < -0.4 is 5.73 Å². The predicted molar refractivity (Wildman–Crippen MR) is 81.0 cm³/mol. The Kier molecular flexibility index (Phi) is 4.44. The Bertz CT molecular complexity index is 554. The second kappa shape index (κ2) is 5.87. The van der Waals surface area contributed by atoms with Crippen LogP contribution in [0.5, 0.6) is 0 Å². The molecule has 0 aromatic heterocycles. The first kappa shape index (κ1) is 13.6. The third-order valence-electron chi connectivity index (χ3n) is 3.02. The van der Waals surface area contributed by atoms with Crippen molar-refractivity contribution in [3.63, 3.8) is 0 Å². The van der Waals surface area contributed by atoms with Crippen molar-refractivity contribution in [1.29, 1.82) is 0 Å². The van der Waals surface area contributed by atoms with E-state index >= 15 is 0 Å². The van der Waals surface area contributed by atoms with Gasteiger partial charge in [0.25, 0.3) is 0 Å². The van der Waals surface area contributed by atoms with Gasteiger partial charge in [-0.05, 0) is 42.2 Å². The summed E-state index contributed by atoms with van der Waals surface area (Å²) in [6, 6.07) is 14.1. The molecule has 1 nitrogen and oxygen atoms in total. The zero-order valence-corrected chi connectivity index (χ0v) is 12.5. The van der Waals surface area contributed by atoms with Crippen LogP contribution in [0.2, 0.25) is 5.02 Å². The summed E-state index contributed by atoms with van der Waals surface area (Å²) in [6.07, 6.45) is 0.792. The number of nitrogens with two attached hydrogens (primary N) is 1. The zero-order chi connectivity index (χ0) is 13.1. The second-order valence-corrected chi connectivity index (χ2v) is 5.67. The highest BCUT2D eigenvalue weighted by atomic mass is 79.9. The van der Waals surface area contributed by atoms with Crippen molar-refractivity contribution in [1.82, 2.24) is 0 Å². The average Bonchev–Trinajstić information content (AvgIpc) is 2.35. The van der Waals surface area contributed by atoms with Gasteiger partial charge in [-0.1, -0.05) is 57.9 Å². The SMILES string of the molecule is Cc1ccc(C(N)Cc2ccccc2Br)cc1Cl. The minimum Gasteiger partial charge on any atom is -0.324 e. The lowest BCUT2D eigenvalue weighted by atomic mass is 9.99. The quantitative estimate of drug-likeness (QED) is 0.873. The van der Waals surface area contributed by atoms with E-state index in [9.17, 15) is 0 Å². The van der Waals surface area contributed by atoms with Gasteiger partial charge in [-0.3, -0.25) is 0 Å². The van der Waals surface area contributed by atoms with E-state index in [0.717, 1.165) is 27.0 Å². The number of hydrogen-bond acceptors (Lipinski definition) is 1. The highest BCUT2D eigenvalue weighted by Crippen LogP contribution is 2.25. The van der Waals surface area contributed by atoms with Gasteiger partial charge in [0, 0.05) is 15.5 Å². The zero-order valence-electron chi connectivity index (χ0n) is 10.2. The van der Waals surface area contributed by atoms with Gasteiger partial charge < -0.3 is 5.73 Å². The first-order chi connectivity index (χ1) is 8.58. The van der Waals surface area contributed by atoms with Gasteiger partial charge in [0.15, 0.2) is 0 Å². The lowest BCUT2D eigenvalue weighted by molar-refractivity contribution is 0.720. The minimum absolute atomic E-state index is 0.0400. The van der Waals surface area contributed by atoms with E-state index in [4.69, 9.17) is 17.3 Å². The number of benzene rings is 2. The molecule has 0 heterocycles. The van der Waals surface area contributed by atoms with E-state index in [2.05, 4.69) is 22.0 Å². The molecule has 0 bridgehead atoms. The fourth-order valence-corrected chi connectivity index (χ4v) is 2.49. The highest BCUT2D eigenvalue weighted by molar-refractivity contribution is 9.10. The van der Waals surface area contributed by atoms with Crippen LogP contribution in [-0.4, -0.2) is 0 Å². The highest BCUT2D eigenvalue weighted by Gasteiger charge is 2.10. The van der Waals surface area contributed by atoms with Crippen molar-refractivity contribution in [2.24, 2.45) is 5.73 Å². The first-order valence-electron chi connectivity index (χ1n) is 5.83. The van der Waals surface area contributed by atoms with Gasteiger partial charge >= 0.3 is 0 Å². The Morgan fingerprint density at radius 3 is 2.61 bits per heavy atom. The van der Waals surface area contributed by atoms with Crippen LogP contribution in [0.4, 0.5) is 0 Å².